The number of benzene rings is 2. The van der Waals surface area contributed by atoms with Gasteiger partial charge in [0.25, 0.3) is 5.91 Å². The average molecular weight is 361 g/mol. The second-order valence-electron chi connectivity index (χ2n) is 6.40. The number of para-hydroxylation sites is 1. The lowest BCUT2D eigenvalue weighted by Crippen LogP contribution is -2.19. The molecule has 2 heterocycles. The summed E-state index contributed by atoms with van der Waals surface area (Å²) in [5, 5.41) is 4.63. The summed E-state index contributed by atoms with van der Waals surface area (Å²) in [5.74, 6) is -0.103. The molecule has 1 saturated heterocycles. The highest BCUT2D eigenvalue weighted by molar-refractivity contribution is 8.18. The summed E-state index contributed by atoms with van der Waals surface area (Å²) >= 11 is 1.38. The number of rotatable bonds is 2. The van der Waals surface area contributed by atoms with Crippen LogP contribution in [0.4, 0.5) is 5.69 Å². The van der Waals surface area contributed by atoms with Gasteiger partial charge in [-0.1, -0.05) is 30.3 Å². The molecule has 1 amide bonds. The van der Waals surface area contributed by atoms with E-state index in [4.69, 9.17) is 0 Å². The summed E-state index contributed by atoms with van der Waals surface area (Å²) < 4.78 is 2.15. The maximum Gasteiger partial charge on any atom is 0.264 e. The fourth-order valence-electron chi connectivity index (χ4n) is 3.16. The lowest BCUT2D eigenvalue weighted by atomic mass is 10.1. The fourth-order valence-corrected chi connectivity index (χ4v) is 3.98. The number of aliphatic imine (C=N–C) groups is 1. The number of fused-ring (bicyclic) bond motifs is 1. The van der Waals surface area contributed by atoms with Gasteiger partial charge in [-0.05, 0) is 55.4 Å². The van der Waals surface area contributed by atoms with Crippen molar-refractivity contribution >= 4 is 45.5 Å². The molecule has 1 aliphatic heterocycles. The zero-order chi connectivity index (χ0) is 18.3. The molecule has 0 saturated carbocycles. The van der Waals surface area contributed by atoms with E-state index >= 15 is 0 Å². The van der Waals surface area contributed by atoms with Gasteiger partial charge in [-0.25, -0.2) is 4.99 Å². The average Bonchev–Trinajstić information content (AvgIpc) is 3.08. The molecular weight excluding hydrogens is 342 g/mol. The number of thioether (sulfide) groups is 1. The molecule has 3 aromatic rings. The molecule has 4 rings (SSSR count). The minimum atomic E-state index is -0.103. The molecule has 0 spiro atoms. The van der Waals surface area contributed by atoms with Crippen LogP contribution in [0.1, 0.15) is 16.8 Å². The third-order valence-electron chi connectivity index (χ3n) is 4.61. The molecule has 4 nitrogen and oxygen atoms in total. The molecular formula is C21H19N3OS. The van der Waals surface area contributed by atoms with Crippen LogP contribution in [-0.4, -0.2) is 15.6 Å². The normalized spacial score (nSPS) is 17.4. The first-order chi connectivity index (χ1) is 12.5. The lowest BCUT2D eigenvalue weighted by Gasteiger charge is -1.98. The number of amides is 1. The number of amidine groups is 1. The van der Waals surface area contributed by atoms with Crippen molar-refractivity contribution in [3.05, 3.63) is 70.3 Å². The van der Waals surface area contributed by atoms with Crippen molar-refractivity contribution in [1.29, 1.82) is 0 Å². The van der Waals surface area contributed by atoms with Crippen LogP contribution in [0.5, 0.6) is 0 Å². The van der Waals surface area contributed by atoms with Gasteiger partial charge >= 0.3 is 0 Å². The molecule has 5 heteroatoms. The van der Waals surface area contributed by atoms with Crippen LogP contribution in [0, 0.1) is 13.8 Å². The van der Waals surface area contributed by atoms with Gasteiger partial charge in [0.1, 0.15) is 0 Å². The highest BCUT2D eigenvalue weighted by Gasteiger charge is 2.25. The van der Waals surface area contributed by atoms with Gasteiger partial charge in [-0.3, -0.25) is 4.79 Å². The third-order valence-corrected chi connectivity index (χ3v) is 5.52. The predicted molar refractivity (Wildman–Crippen MR) is 110 cm³/mol. The van der Waals surface area contributed by atoms with Gasteiger partial charge in [0.15, 0.2) is 5.17 Å². The fraction of sp³-hybridized carbons (Fsp3) is 0.143. The molecule has 1 aliphatic rings. The second kappa shape index (κ2) is 6.50. The predicted octanol–water partition coefficient (Wildman–Crippen LogP) is 4.69. The van der Waals surface area contributed by atoms with E-state index in [9.17, 15) is 4.79 Å². The van der Waals surface area contributed by atoms with Gasteiger partial charge in [-0.2, -0.15) is 0 Å². The summed E-state index contributed by atoms with van der Waals surface area (Å²) in [6.07, 6.45) is 1.97. The summed E-state index contributed by atoms with van der Waals surface area (Å²) in [4.78, 5) is 17.6. The van der Waals surface area contributed by atoms with Crippen LogP contribution in [-0.2, 0) is 11.8 Å². The van der Waals surface area contributed by atoms with Crippen molar-refractivity contribution in [2.75, 3.05) is 0 Å². The van der Waals surface area contributed by atoms with E-state index in [1.165, 1.54) is 11.8 Å². The first-order valence-corrected chi connectivity index (χ1v) is 9.25. The SMILES string of the molecule is Cc1cccc(N=C2NC(=O)/C(=C/c3c(C)n(C)c4ccccc34)S2)c1. The number of carbonyl (C=O) groups excluding carboxylic acids is 1. The number of nitrogens with zero attached hydrogens (tertiary/aromatic N) is 2. The van der Waals surface area contributed by atoms with Gasteiger partial charge in [0, 0.05) is 29.2 Å². The van der Waals surface area contributed by atoms with E-state index < -0.39 is 0 Å². The molecule has 1 N–H and O–H groups in total. The smallest absolute Gasteiger partial charge is 0.264 e. The molecule has 2 aromatic carbocycles. The Morgan fingerprint density at radius 2 is 1.92 bits per heavy atom. The van der Waals surface area contributed by atoms with Crippen molar-refractivity contribution in [1.82, 2.24) is 9.88 Å². The minimum Gasteiger partial charge on any atom is -0.347 e. The van der Waals surface area contributed by atoms with E-state index in [0.29, 0.717) is 10.1 Å². The number of carbonyl (C=O) groups is 1. The molecule has 26 heavy (non-hydrogen) atoms. The highest BCUT2D eigenvalue weighted by atomic mass is 32.2. The summed E-state index contributed by atoms with van der Waals surface area (Å²) in [7, 11) is 2.05. The molecule has 1 aromatic heterocycles. The Bertz CT molecular complexity index is 1090. The van der Waals surface area contributed by atoms with Crippen molar-refractivity contribution in [2.45, 2.75) is 13.8 Å². The first kappa shape index (κ1) is 16.7. The Morgan fingerprint density at radius 1 is 1.12 bits per heavy atom. The molecule has 0 unspecified atom stereocenters. The number of hydrogen-bond donors (Lipinski definition) is 1. The van der Waals surface area contributed by atoms with Gasteiger partial charge in [0.05, 0.1) is 10.6 Å². The number of aromatic nitrogens is 1. The van der Waals surface area contributed by atoms with Crippen LogP contribution in [0.2, 0.25) is 0 Å². The maximum atomic E-state index is 12.4. The van der Waals surface area contributed by atoms with Gasteiger partial charge in [-0.15, -0.1) is 0 Å². The van der Waals surface area contributed by atoms with E-state index in [0.717, 1.165) is 33.4 Å². The quantitative estimate of drug-likeness (QED) is 0.673. The largest absolute Gasteiger partial charge is 0.347 e. The standard InChI is InChI=1S/C21H19N3OS/c1-13-7-6-8-15(11-13)22-21-23-20(25)19(26-21)12-17-14(2)24(3)18-10-5-4-9-16(17)18/h4-12H,1-3H3,(H,22,23,25)/b19-12-. The van der Waals surface area contributed by atoms with Crippen LogP contribution >= 0.6 is 11.8 Å². The van der Waals surface area contributed by atoms with Crippen molar-refractivity contribution in [2.24, 2.45) is 12.0 Å². The zero-order valence-corrected chi connectivity index (χ0v) is 15.7. The number of aryl methyl sites for hydroxylation is 2. The van der Waals surface area contributed by atoms with Gasteiger partial charge in [0.2, 0.25) is 0 Å². The van der Waals surface area contributed by atoms with Crippen molar-refractivity contribution in [3.8, 4) is 0 Å². The Labute approximate surface area is 156 Å². The molecule has 0 radical (unpaired) electrons. The number of hydrogen-bond acceptors (Lipinski definition) is 3. The monoisotopic (exact) mass is 361 g/mol. The third kappa shape index (κ3) is 2.95. The zero-order valence-electron chi connectivity index (χ0n) is 14.9. The Balaban J connectivity index is 1.71. The van der Waals surface area contributed by atoms with Crippen molar-refractivity contribution in [3.63, 3.8) is 0 Å². The minimum absolute atomic E-state index is 0.103. The van der Waals surface area contributed by atoms with Crippen molar-refractivity contribution < 1.29 is 4.79 Å². The van der Waals surface area contributed by atoms with Crippen LogP contribution in [0.25, 0.3) is 17.0 Å². The summed E-state index contributed by atoms with van der Waals surface area (Å²) in [6, 6.07) is 16.2. The Morgan fingerprint density at radius 3 is 2.73 bits per heavy atom. The van der Waals surface area contributed by atoms with E-state index in [1.54, 1.807) is 0 Å². The van der Waals surface area contributed by atoms with E-state index in [2.05, 4.69) is 33.9 Å². The summed E-state index contributed by atoms with van der Waals surface area (Å²) in [5.41, 5.74) is 5.36. The molecule has 0 bridgehead atoms. The topological polar surface area (TPSA) is 46.4 Å². The van der Waals surface area contributed by atoms with Crippen LogP contribution in [0.3, 0.4) is 0 Å². The highest BCUT2D eigenvalue weighted by Crippen LogP contribution is 2.32. The first-order valence-electron chi connectivity index (χ1n) is 8.43. The van der Waals surface area contributed by atoms with Crippen LogP contribution < -0.4 is 5.32 Å². The molecule has 1 fully saturated rings. The Kier molecular flexibility index (Phi) is 4.17. The lowest BCUT2D eigenvalue weighted by molar-refractivity contribution is -0.115. The van der Waals surface area contributed by atoms with E-state index in [-0.39, 0.29) is 5.91 Å². The van der Waals surface area contributed by atoms with E-state index in [1.807, 2.05) is 56.4 Å². The molecule has 0 atom stereocenters. The maximum absolute atomic E-state index is 12.4. The molecule has 0 aliphatic carbocycles. The van der Waals surface area contributed by atoms with Crippen LogP contribution in [0.15, 0.2) is 58.4 Å². The summed E-state index contributed by atoms with van der Waals surface area (Å²) in [6.45, 7) is 4.10. The second-order valence-corrected chi connectivity index (χ2v) is 7.43. The van der Waals surface area contributed by atoms with Gasteiger partial charge < -0.3 is 9.88 Å². The molecule has 130 valence electrons. The number of nitrogens with one attached hydrogen (secondary N) is 1. The Hall–Kier alpha value is -2.79.